The largest absolute Gasteiger partial charge is 0.330 e. The van der Waals surface area contributed by atoms with Crippen molar-refractivity contribution in [3.05, 3.63) is 41.8 Å². The molecule has 84 valence electrons. The summed E-state index contributed by atoms with van der Waals surface area (Å²) in [6.45, 7) is 0.647. The van der Waals surface area contributed by atoms with Crippen molar-refractivity contribution in [2.75, 3.05) is 6.54 Å². The molecule has 3 N–H and O–H groups in total. The Morgan fingerprint density at radius 2 is 2.25 bits per heavy atom. The molecular weight excluding hydrogens is 205 g/mol. The number of aromatic amines is 1. The molecule has 0 saturated carbocycles. The van der Waals surface area contributed by atoms with Crippen LogP contribution in [0.1, 0.15) is 12.0 Å². The van der Waals surface area contributed by atoms with E-state index in [2.05, 4.69) is 10.2 Å². The molecule has 1 aromatic carbocycles. The van der Waals surface area contributed by atoms with Gasteiger partial charge in [0.05, 0.1) is 11.9 Å². The minimum atomic E-state index is -0.239. The average Bonchev–Trinajstić information content (AvgIpc) is 2.74. The molecule has 0 saturated heterocycles. The lowest BCUT2D eigenvalue weighted by molar-refractivity contribution is 0.628. The quantitative estimate of drug-likeness (QED) is 0.827. The molecule has 0 unspecified atom stereocenters. The van der Waals surface area contributed by atoms with Gasteiger partial charge in [-0.3, -0.25) is 5.10 Å². The second-order valence-electron chi connectivity index (χ2n) is 3.67. The van der Waals surface area contributed by atoms with Crippen LogP contribution in [0.3, 0.4) is 0 Å². The first-order valence-corrected chi connectivity index (χ1v) is 5.29. The van der Waals surface area contributed by atoms with Gasteiger partial charge < -0.3 is 5.73 Å². The summed E-state index contributed by atoms with van der Waals surface area (Å²) < 4.78 is 13.1. The van der Waals surface area contributed by atoms with E-state index in [1.165, 1.54) is 12.1 Å². The number of nitrogens with zero attached hydrogens (tertiary/aromatic N) is 1. The Morgan fingerprint density at radius 3 is 3.00 bits per heavy atom. The molecule has 16 heavy (non-hydrogen) atoms. The lowest BCUT2D eigenvalue weighted by Gasteiger charge is -2.02. The molecule has 4 heteroatoms. The molecule has 0 aliphatic heterocycles. The molecule has 0 spiro atoms. The van der Waals surface area contributed by atoms with Crippen LogP contribution in [0, 0.1) is 5.82 Å². The highest BCUT2D eigenvalue weighted by atomic mass is 19.1. The zero-order chi connectivity index (χ0) is 11.4. The number of hydrogen-bond acceptors (Lipinski definition) is 2. The predicted molar refractivity (Wildman–Crippen MR) is 61.4 cm³/mol. The highest BCUT2D eigenvalue weighted by Crippen LogP contribution is 2.22. The van der Waals surface area contributed by atoms with E-state index in [0.717, 1.165) is 29.7 Å². The SMILES string of the molecule is NCCCc1cn[nH]c1-c1cccc(F)c1. The van der Waals surface area contributed by atoms with Crippen LogP contribution in [0.25, 0.3) is 11.3 Å². The molecule has 0 aliphatic carbocycles. The fourth-order valence-electron chi connectivity index (χ4n) is 1.69. The summed E-state index contributed by atoms with van der Waals surface area (Å²) in [7, 11) is 0. The third-order valence-electron chi connectivity index (χ3n) is 2.48. The van der Waals surface area contributed by atoms with Gasteiger partial charge in [0.1, 0.15) is 5.82 Å². The molecular formula is C12H14FN3. The molecule has 0 atom stereocenters. The summed E-state index contributed by atoms with van der Waals surface area (Å²) in [6, 6.07) is 6.49. The van der Waals surface area contributed by atoms with Gasteiger partial charge in [-0.05, 0) is 37.1 Å². The number of aryl methyl sites for hydroxylation is 1. The fraction of sp³-hybridized carbons (Fsp3) is 0.250. The Balaban J connectivity index is 2.29. The number of halogens is 1. The summed E-state index contributed by atoms with van der Waals surface area (Å²) in [5.41, 5.74) is 8.25. The van der Waals surface area contributed by atoms with Gasteiger partial charge in [0, 0.05) is 5.56 Å². The van der Waals surface area contributed by atoms with Crippen LogP contribution < -0.4 is 5.73 Å². The fourth-order valence-corrected chi connectivity index (χ4v) is 1.69. The van der Waals surface area contributed by atoms with Crippen LogP contribution in [-0.4, -0.2) is 16.7 Å². The van der Waals surface area contributed by atoms with E-state index in [0.29, 0.717) is 6.54 Å². The molecule has 0 radical (unpaired) electrons. The first kappa shape index (κ1) is 10.8. The smallest absolute Gasteiger partial charge is 0.123 e. The lowest BCUT2D eigenvalue weighted by Crippen LogP contribution is -2.00. The predicted octanol–water partition coefficient (Wildman–Crippen LogP) is 2.11. The van der Waals surface area contributed by atoms with E-state index in [4.69, 9.17) is 5.73 Å². The topological polar surface area (TPSA) is 54.7 Å². The summed E-state index contributed by atoms with van der Waals surface area (Å²) in [4.78, 5) is 0. The van der Waals surface area contributed by atoms with Gasteiger partial charge in [0.15, 0.2) is 0 Å². The van der Waals surface area contributed by atoms with Crippen molar-refractivity contribution in [2.24, 2.45) is 5.73 Å². The normalized spacial score (nSPS) is 10.6. The van der Waals surface area contributed by atoms with Crippen molar-refractivity contribution in [1.29, 1.82) is 0 Å². The van der Waals surface area contributed by atoms with Gasteiger partial charge in [0.25, 0.3) is 0 Å². The van der Waals surface area contributed by atoms with Gasteiger partial charge in [-0.2, -0.15) is 5.10 Å². The molecule has 0 fully saturated rings. The summed E-state index contributed by atoms with van der Waals surface area (Å²) >= 11 is 0. The molecule has 0 amide bonds. The molecule has 1 heterocycles. The van der Waals surface area contributed by atoms with Crippen LogP contribution in [-0.2, 0) is 6.42 Å². The van der Waals surface area contributed by atoms with Crippen molar-refractivity contribution in [2.45, 2.75) is 12.8 Å². The van der Waals surface area contributed by atoms with Gasteiger partial charge in [0.2, 0.25) is 0 Å². The van der Waals surface area contributed by atoms with Crippen molar-refractivity contribution >= 4 is 0 Å². The van der Waals surface area contributed by atoms with Gasteiger partial charge >= 0.3 is 0 Å². The standard InChI is InChI=1S/C12H14FN3/c13-11-5-1-3-9(7-11)12-10(4-2-6-14)8-15-16-12/h1,3,5,7-8H,2,4,6,14H2,(H,15,16). The highest BCUT2D eigenvalue weighted by molar-refractivity contribution is 5.62. The zero-order valence-electron chi connectivity index (χ0n) is 8.91. The number of H-pyrrole nitrogens is 1. The molecule has 0 bridgehead atoms. The number of rotatable bonds is 4. The van der Waals surface area contributed by atoms with Crippen LogP contribution in [0.5, 0.6) is 0 Å². The first-order chi connectivity index (χ1) is 7.81. The third-order valence-corrected chi connectivity index (χ3v) is 2.48. The molecule has 0 aliphatic rings. The Labute approximate surface area is 93.5 Å². The lowest BCUT2D eigenvalue weighted by atomic mass is 10.0. The zero-order valence-corrected chi connectivity index (χ0v) is 8.91. The van der Waals surface area contributed by atoms with E-state index in [1.807, 2.05) is 6.07 Å². The van der Waals surface area contributed by atoms with Crippen LogP contribution in [0.15, 0.2) is 30.5 Å². The molecule has 2 aromatic rings. The maximum Gasteiger partial charge on any atom is 0.123 e. The third kappa shape index (κ3) is 2.28. The minimum Gasteiger partial charge on any atom is -0.330 e. The summed E-state index contributed by atoms with van der Waals surface area (Å²) in [5, 5.41) is 6.89. The molecule has 3 nitrogen and oxygen atoms in total. The average molecular weight is 219 g/mol. The minimum absolute atomic E-state index is 0.239. The molecule has 1 aromatic heterocycles. The summed E-state index contributed by atoms with van der Waals surface area (Å²) in [6.07, 6.45) is 3.54. The van der Waals surface area contributed by atoms with Crippen molar-refractivity contribution in [3.63, 3.8) is 0 Å². The second kappa shape index (κ2) is 4.90. The number of benzene rings is 1. The monoisotopic (exact) mass is 219 g/mol. The van der Waals surface area contributed by atoms with Crippen LogP contribution in [0.2, 0.25) is 0 Å². The second-order valence-corrected chi connectivity index (χ2v) is 3.67. The van der Waals surface area contributed by atoms with Crippen LogP contribution >= 0.6 is 0 Å². The van der Waals surface area contributed by atoms with Crippen molar-refractivity contribution in [1.82, 2.24) is 10.2 Å². The summed E-state index contributed by atoms with van der Waals surface area (Å²) in [5.74, 6) is -0.239. The van der Waals surface area contributed by atoms with E-state index in [9.17, 15) is 4.39 Å². The van der Waals surface area contributed by atoms with Gasteiger partial charge in [-0.15, -0.1) is 0 Å². The number of nitrogens with one attached hydrogen (secondary N) is 1. The molecule has 2 rings (SSSR count). The van der Waals surface area contributed by atoms with Crippen LogP contribution in [0.4, 0.5) is 4.39 Å². The van der Waals surface area contributed by atoms with E-state index in [-0.39, 0.29) is 5.82 Å². The Morgan fingerprint density at radius 1 is 1.38 bits per heavy atom. The van der Waals surface area contributed by atoms with E-state index in [1.54, 1.807) is 12.3 Å². The van der Waals surface area contributed by atoms with Crippen molar-refractivity contribution < 1.29 is 4.39 Å². The Bertz CT molecular complexity index is 465. The van der Waals surface area contributed by atoms with E-state index < -0.39 is 0 Å². The van der Waals surface area contributed by atoms with Crippen molar-refractivity contribution in [3.8, 4) is 11.3 Å². The van der Waals surface area contributed by atoms with Gasteiger partial charge in [-0.25, -0.2) is 4.39 Å². The maximum absolute atomic E-state index is 13.1. The number of hydrogen-bond donors (Lipinski definition) is 2. The van der Waals surface area contributed by atoms with Gasteiger partial charge in [-0.1, -0.05) is 12.1 Å². The van der Waals surface area contributed by atoms with E-state index >= 15 is 0 Å². The highest BCUT2D eigenvalue weighted by Gasteiger charge is 2.07. The maximum atomic E-state index is 13.1. The number of nitrogens with two attached hydrogens (primary N) is 1. The Kier molecular flexibility index (Phi) is 3.31. The Hall–Kier alpha value is -1.68. The first-order valence-electron chi connectivity index (χ1n) is 5.29. The number of aromatic nitrogens is 2.